The van der Waals surface area contributed by atoms with Gasteiger partial charge in [0.15, 0.2) is 0 Å². The minimum atomic E-state index is 0.763. The van der Waals surface area contributed by atoms with Crippen molar-refractivity contribution >= 4 is 0 Å². The van der Waals surface area contributed by atoms with Crippen LogP contribution in [0.1, 0.15) is 12.5 Å². The van der Waals surface area contributed by atoms with Crippen molar-refractivity contribution in [2.24, 2.45) is 11.8 Å². The summed E-state index contributed by atoms with van der Waals surface area (Å²) < 4.78 is 0. The highest BCUT2D eigenvalue weighted by Crippen LogP contribution is 2.32. The average Bonchev–Trinajstić information content (AvgIpc) is 2.92. The molecule has 2 nitrogen and oxygen atoms in total. The van der Waals surface area contributed by atoms with Gasteiger partial charge < -0.3 is 5.32 Å². The van der Waals surface area contributed by atoms with Gasteiger partial charge in [-0.1, -0.05) is 30.3 Å². The Balaban J connectivity index is 1.56. The van der Waals surface area contributed by atoms with Crippen molar-refractivity contribution in [1.82, 2.24) is 10.2 Å². The maximum Gasteiger partial charge on any atom is 0.0111 e. The summed E-state index contributed by atoms with van der Waals surface area (Å²) in [4.78, 5) is 2.68. The summed E-state index contributed by atoms with van der Waals surface area (Å²) in [6.45, 7) is 7.39. The quantitative estimate of drug-likeness (QED) is 0.851. The maximum atomic E-state index is 3.52. The lowest BCUT2D eigenvalue weighted by Gasteiger charge is -2.24. The summed E-state index contributed by atoms with van der Waals surface area (Å²) in [7, 11) is 0. The summed E-state index contributed by atoms with van der Waals surface area (Å²) in [6, 6.07) is 11.6. The van der Waals surface area contributed by atoms with Crippen LogP contribution in [0.25, 0.3) is 0 Å². The third kappa shape index (κ3) is 2.24. The molecule has 0 saturated carbocycles. The summed E-state index contributed by atoms with van der Waals surface area (Å²) >= 11 is 0. The van der Waals surface area contributed by atoms with Crippen molar-refractivity contribution in [2.75, 3.05) is 26.2 Å². The van der Waals surface area contributed by atoms with Gasteiger partial charge in [-0.25, -0.2) is 0 Å². The van der Waals surface area contributed by atoms with Gasteiger partial charge in [0.1, 0.15) is 0 Å². The molecular weight excluding hydrogens is 208 g/mol. The number of rotatable bonds is 3. The topological polar surface area (TPSA) is 15.3 Å². The molecule has 3 atom stereocenters. The Morgan fingerprint density at radius 1 is 1.24 bits per heavy atom. The van der Waals surface area contributed by atoms with Gasteiger partial charge in [0.25, 0.3) is 0 Å². The molecule has 2 aliphatic heterocycles. The zero-order valence-electron chi connectivity index (χ0n) is 10.6. The summed E-state index contributed by atoms with van der Waals surface area (Å²) in [5.41, 5.74) is 1.47. The third-order valence-electron chi connectivity index (χ3n) is 4.59. The Kier molecular flexibility index (Phi) is 3.17. The summed E-state index contributed by atoms with van der Waals surface area (Å²) in [6.07, 6.45) is 1.19. The highest BCUT2D eigenvalue weighted by molar-refractivity contribution is 5.15. The lowest BCUT2D eigenvalue weighted by Crippen LogP contribution is -2.34. The molecule has 2 fully saturated rings. The Morgan fingerprint density at radius 3 is 2.82 bits per heavy atom. The Labute approximate surface area is 104 Å². The molecule has 1 aromatic carbocycles. The predicted octanol–water partition coefficient (Wildman–Crippen LogP) is 1.77. The normalized spacial score (nSPS) is 32.9. The van der Waals surface area contributed by atoms with Crippen molar-refractivity contribution in [3.05, 3.63) is 35.9 Å². The number of nitrogens with zero attached hydrogens (tertiary/aromatic N) is 1. The zero-order valence-corrected chi connectivity index (χ0v) is 10.6. The zero-order chi connectivity index (χ0) is 11.7. The number of fused-ring (bicyclic) bond motifs is 1. The van der Waals surface area contributed by atoms with Crippen LogP contribution in [0.3, 0.4) is 0 Å². The largest absolute Gasteiger partial charge is 0.316 e. The molecule has 0 amide bonds. The lowest BCUT2D eigenvalue weighted by atomic mass is 9.95. The minimum absolute atomic E-state index is 0.763. The van der Waals surface area contributed by atoms with Gasteiger partial charge in [0.2, 0.25) is 0 Å². The van der Waals surface area contributed by atoms with Crippen LogP contribution in [0.2, 0.25) is 0 Å². The number of likely N-dealkylation sites (tertiary alicyclic amines) is 1. The van der Waals surface area contributed by atoms with Crippen molar-refractivity contribution in [2.45, 2.75) is 19.4 Å². The molecule has 2 saturated heterocycles. The first-order chi connectivity index (χ1) is 8.34. The van der Waals surface area contributed by atoms with Crippen LogP contribution in [-0.4, -0.2) is 37.1 Å². The standard InChI is InChI=1S/C15H22N2/c1-12-15-10-16-9-14(15)11-17(12)8-7-13-5-3-2-4-6-13/h2-6,12,14-16H,7-11H2,1H3. The highest BCUT2D eigenvalue weighted by atomic mass is 15.2. The fourth-order valence-electron chi connectivity index (χ4n) is 3.47. The minimum Gasteiger partial charge on any atom is -0.316 e. The maximum absolute atomic E-state index is 3.52. The van der Waals surface area contributed by atoms with Gasteiger partial charge in [-0.15, -0.1) is 0 Å². The Hall–Kier alpha value is -0.860. The van der Waals surface area contributed by atoms with E-state index in [-0.39, 0.29) is 0 Å². The average molecular weight is 230 g/mol. The van der Waals surface area contributed by atoms with Gasteiger partial charge in [0, 0.05) is 19.1 Å². The molecule has 0 radical (unpaired) electrons. The number of benzene rings is 1. The van der Waals surface area contributed by atoms with Gasteiger partial charge in [-0.3, -0.25) is 4.90 Å². The number of hydrogen-bond donors (Lipinski definition) is 1. The van der Waals surface area contributed by atoms with E-state index in [1.165, 1.54) is 38.2 Å². The van der Waals surface area contributed by atoms with E-state index in [0.29, 0.717) is 0 Å². The van der Waals surface area contributed by atoms with E-state index < -0.39 is 0 Å². The molecular formula is C15H22N2. The van der Waals surface area contributed by atoms with Crippen molar-refractivity contribution < 1.29 is 0 Å². The molecule has 2 heteroatoms. The van der Waals surface area contributed by atoms with E-state index in [0.717, 1.165) is 17.9 Å². The first kappa shape index (κ1) is 11.2. The third-order valence-corrected chi connectivity index (χ3v) is 4.59. The van der Waals surface area contributed by atoms with Crippen LogP contribution in [0.15, 0.2) is 30.3 Å². The smallest absolute Gasteiger partial charge is 0.0111 e. The van der Waals surface area contributed by atoms with E-state index in [2.05, 4.69) is 47.5 Å². The summed E-state index contributed by atoms with van der Waals surface area (Å²) in [5, 5.41) is 3.52. The molecule has 17 heavy (non-hydrogen) atoms. The van der Waals surface area contributed by atoms with Crippen LogP contribution in [0, 0.1) is 11.8 Å². The molecule has 0 aromatic heterocycles. The highest BCUT2D eigenvalue weighted by Gasteiger charge is 2.41. The SMILES string of the molecule is CC1C2CNCC2CN1CCc1ccccc1. The van der Waals surface area contributed by atoms with Gasteiger partial charge in [-0.2, -0.15) is 0 Å². The van der Waals surface area contributed by atoms with Crippen LogP contribution in [0.4, 0.5) is 0 Å². The molecule has 0 spiro atoms. The van der Waals surface area contributed by atoms with Gasteiger partial charge >= 0.3 is 0 Å². The number of nitrogens with one attached hydrogen (secondary N) is 1. The van der Waals surface area contributed by atoms with Crippen molar-refractivity contribution in [3.63, 3.8) is 0 Å². The monoisotopic (exact) mass is 230 g/mol. The van der Waals surface area contributed by atoms with Crippen LogP contribution in [-0.2, 0) is 6.42 Å². The molecule has 0 bridgehead atoms. The molecule has 2 heterocycles. The molecule has 1 aromatic rings. The van der Waals surface area contributed by atoms with Crippen LogP contribution >= 0.6 is 0 Å². The number of hydrogen-bond acceptors (Lipinski definition) is 2. The second kappa shape index (κ2) is 4.79. The Morgan fingerprint density at radius 2 is 2.06 bits per heavy atom. The molecule has 3 unspecified atom stereocenters. The van der Waals surface area contributed by atoms with E-state index in [1.54, 1.807) is 0 Å². The molecule has 1 N–H and O–H groups in total. The second-order valence-corrected chi connectivity index (χ2v) is 5.55. The Bertz CT molecular complexity index is 362. The molecule has 3 rings (SSSR count). The van der Waals surface area contributed by atoms with Crippen LogP contribution in [0.5, 0.6) is 0 Å². The summed E-state index contributed by atoms with van der Waals surface area (Å²) in [5.74, 6) is 1.80. The van der Waals surface area contributed by atoms with E-state index in [1.807, 2.05) is 0 Å². The molecule has 92 valence electrons. The van der Waals surface area contributed by atoms with Crippen molar-refractivity contribution in [1.29, 1.82) is 0 Å². The molecule has 0 aliphatic carbocycles. The van der Waals surface area contributed by atoms with E-state index in [9.17, 15) is 0 Å². The van der Waals surface area contributed by atoms with E-state index >= 15 is 0 Å². The fourth-order valence-corrected chi connectivity index (χ4v) is 3.47. The predicted molar refractivity (Wildman–Crippen MR) is 71.0 cm³/mol. The first-order valence-electron chi connectivity index (χ1n) is 6.83. The van der Waals surface area contributed by atoms with Crippen LogP contribution < -0.4 is 5.32 Å². The van der Waals surface area contributed by atoms with Crippen molar-refractivity contribution in [3.8, 4) is 0 Å². The van der Waals surface area contributed by atoms with E-state index in [4.69, 9.17) is 0 Å². The van der Waals surface area contributed by atoms with Gasteiger partial charge in [-0.05, 0) is 43.8 Å². The molecule has 2 aliphatic rings. The first-order valence-corrected chi connectivity index (χ1v) is 6.83. The second-order valence-electron chi connectivity index (χ2n) is 5.55. The van der Waals surface area contributed by atoms with Gasteiger partial charge in [0.05, 0.1) is 0 Å². The lowest BCUT2D eigenvalue weighted by molar-refractivity contribution is 0.242. The fraction of sp³-hybridized carbons (Fsp3) is 0.600.